The van der Waals surface area contributed by atoms with Gasteiger partial charge in [0.2, 0.25) is 0 Å². The van der Waals surface area contributed by atoms with Gasteiger partial charge in [-0.1, -0.05) is 48.5 Å². The van der Waals surface area contributed by atoms with Crippen molar-refractivity contribution in [3.05, 3.63) is 132 Å². The Bertz CT molecular complexity index is 1850. The zero-order valence-electron chi connectivity index (χ0n) is 28.0. The molecule has 10 nitrogen and oxygen atoms in total. The average Bonchev–Trinajstić information content (AvgIpc) is 3.81. The molecular weight excluding hydrogens is 665 g/mol. The second-order valence-electron chi connectivity index (χ2n) is 11.0. The second-order valence-corrected chi connectivity index (χ2v) is 13.0. The third-order valence-electron chi connectivity index (χ3n) is 7.86. The number of thiophene rings is 2. The molecule has 0 fully saturated rings. The number of carbonyl (C=O) groups is 4. The number of rotatable bonds is 9. The average molecular weight is 703 g/mol. The van der Waals surface area contributed by atoms with Gasteiger partial charge in [0.05, 0.1) is 48.3 Å². The zero-order chi connectivity index (χ0) is 35.7. The molecule has 12 heteroatoms. The van der Waals surface area contributed by atoms with Crippen molar-refractivity contribution in [1.29, 1.82) is 0 Å². The highest BCUT2D eigenvalue weighted by Gasteiger charge is 2.39. The maximum Gasteiger partial charge on any atom is 0.337 e. The smallest absolute Gasteiger partial charge is 0.337 e. The number of ether oxygens (including phenoxy) is 3. The Labute approximate surface area is 293 Å². The predicted octanol–water partition coefficient (Wildman–Crippen LogP) is 6.65. The third-order valence-corrected chi connectivity index (χ3v) is 9.73. The van der Waals surface area contributed by atoms with E-state index in [9.17, 15) is 24.3 Å². The molecule has 2 aromatic heterocycles. The summed E-state index contributed by atoms with van der Waals surface area (Å²) < 4.78 is 15.3. The minimum Gasteiger partial charge on any atom is -0.478 e. The van der Waals surface area contributed by atoms with Crippen molar-refractivity contribution in [2.24, 2.45) is 0 Å². The molecule has 0 saturated carbocycles. The number of esters is 3. The lowest BCUT2D eigenvalue weighted by Crippen LogP contribution is -2.32. The maximum absolute atomic E-state index is 13.0. The highest BCUT2D eigenvalue weighted by atomic mass is 32.1. The van der Waals surface area contributed by atoms with Crippen LogP contribution in [0.3, 0.4) is 0 Å². The van der Waals surface area contributed by atoms with Gasteiger partial charge in [-0.3, -0.25) is 0 Å². The molecule has 0 amide bonds. The van der Waals surface area contributed by atoms with Crippen molar-refractivity contribution < 1.29 is 38.5 Å². The number of methoxy groups -OCH3 is 2. The van der Waals surface area contributed by atoms with E-state index in [1.807, 2.05) is 78.4 Å². The lowest BCUT2D eigenvalue weighted by atomic mass is 9.84. The van der Waals surface area contributed by atoms with Crippen LogP contribution in [0.25, 0.3) is 6.08 Å². The Morgan fingerprint density at radius 2 is 1.12 bits per heavy atom. The van der Waals surface area contributed by atoms with E-state index in [-0.39, 0.29) is 12.2 Å². The molecule has 3 N–H and O–H groups in total. The number of hydrogen-bond donors (Lipinski definition) is 3. The monoisotopic (exact) mass is 702 g/mol. The van der Waals surface area contributed by atoms with E-state index >= 15 is 0 Å². The van der Waals surface area contributed by atoms with Crippen LogP contribution in [-0.4, -0.2) is 49.8 Å². The van der Waals surface area contributed by atoms with Crippen molar-refractivity contribution >= 4 is 52.6 Å². The van der Waals surface area contributed by atoms with Crippen LogP contribution < -0.4 is 10.6 Å². The van der Waals surface area contributed by atoms with Crippen LogP contribution in [0, 0.1) is 0 Å². The first-order valence-electron chi connectivity index (χ1n) is 15.2. The number of allylic oxidation sites excluding steroid dienone is 4. The fraction of sp³-hybridized carbons (Fsp3) is 0.243. The molecule has 0 radical (unpaired) electrons. The number of benzene rings is 1. The molecule has 49 heavy (non-hydrogen) atoms. The third kappa shape index (κ3) is 8.45. The molecule has 2 aliphatic rings. The lowest BCUT2D eigenvalue weighted by Gasteiger charge is -2.29. The molecule has 2 atom stereocenters. The number of aliphatic carboxylic acids is 1. The molecule has 5 rings (SSSR count). The largest absolute Gasteiger partial charge is 0.478 e. The van der Waals surface area contributed by atoms with Gasteiger partial charge in [0.25, 0.3) is 0 Å². The van der Waals surface area contributed by atoms with Gasteiger partial charge >= 0.3 is 23.9 Å². The summed E-state index contributed by atoms with van der Waals surface area (Å²) in [5, 5.41) is 19.3. The molecule has 0 saturated heterocycles. The number of hydrogen-bond acceptors (Lipinski definition) is 11. The van der Waals surface area contributed by atoms with Crippen molar-refractivity contribution in [2.45, 2.75) is 39.5 Å². The molecule has 1 aromatic carbocycles. The van der Waals surface area contributed by atoms with Gasteiger partial charge in [0, 0.05) is 32.5 Å². The minimum absolute atomic E-state index is 0.137. The summed E-state index contributed by atoms with van der Waals surface area (Å²) in [6.07, 6.45) is 3.69. The summed E-state index contributed by atoms with van der Waals surface area (Å²) >= 11 is 2.91. The van der Waals surface area contributed by atoms with Gasteiger partial charge in [0.15, 0.2) is 0 Å². The first-order chi connectivity index (χ1) is 23.5. The van der Waals surface area contributed by atoms with Gasteiger partial charge in [-0.05, 0) is 62.2 Å². The summed E-state index contributed by atoms with van der Waals surface area (Å²) in [7, 11) is 2.63. The first-order valence-corrected chi connectivity index (χ1v) is 17.0. The Morgan fingerprint density at radius 1 is 0.673 bits per heavy atom. The van der Waals surface area contributed by atoms with Crippen LogP contribution in [0.1, 0.15) is 54.8 Å². The van der Waals surface area contributed by atoms with Crippen LogP contribution in [0.5, 0.6) is 0 Å². The van der Waals surface area contributed by atoms with Gasteiger partial charge in [-0.2, -0.15) is 0 Å². The van der Waals surface area contributed by atoms with Gasteiger partial charge in [0.1, 0.15) is 6.61 Å². The van der Waals surface area contributed by atoms with E-state index < -0.39 is 35.7 Å². The van der Waals surface area contributed by atoms with E-state index in [4.69, 9.17) is 14.2 Å². The quantitative estimate of drug-likeness (QED) is 0.164. The van der Waals surface area contributed by atoms with E-state index in [0.29, 0.717) is 39.5 Å². The SMILES string of the molecule is COC(=O)C1=C(C)NC(C)=C(C(=O)O)C1c1cccs1.COC(=O)C1=C(C)NC(C)=C(C(=O)OCC=Cc2ccccc2)C1c1cccs1. The summed E-state index contributed by atoms with van der Waals surface area (Å²) in [5.41, 5.74) is 4.91. The van der Waals surface area contributed by atoms with E-state index in [1.165, 1.54) is 36.9 Å². The van der Waals surface area contributed by atoms with Crippen molar-refractivity contribution in [2.75, 3.05) is 20.8 Å². The molecule has 0 aliphatic carbocycles. The van der Waals surface area contributed by atoms with Gasteiger partial charge in [-0.25, -0.2) is 19.2 Å². The van der Waals surface area contributed by atoms with Crippen LogP contribution in [-0.2, 0) is 33.4 Å². The Kier molecular flexibility index (Phi) is 12.5. The number of carbonyl (C=O) groups excluding carboxylic acids is 3. The van der Waals surface area contributed by atoms with Crippen molar-refractivity contribution in [1.82, 2.24) is 10.6 Å². The summed E-state index contributed by atoms with van der Waals surface area (Å²) in [4.78, 5) is 50.7. The maximum atomic E-state index is 13.0. The Morgan fingerprint density at radius 3 is 1.55 bits per heavy atom. The normalized spacial score (nSPS) is 17.6. The minimum atomic E-state index is -1.04. The van der Waals surface area contributed by atoms with E-state index in [0.717, 1.165) is 15.3 Å². The fourth-order valence-corrected chi connectivity index (χ4v) is 7.42. The number of nitrogens with one attached hydrogen (secondary N) is 2. The molecule has 3 aromatic rings. The second kappa shape index (κ2) is 16.8. The first kappa shape index (κ1) is 36.6. The molecule has 2 aliphatic heterocycles. The van der Waals surface area contributed by atoms with Gasteiger partial charge in [-0.15, -0.1) is 22.7 Å². The molecule has 0 bridgehead atoms. The van der Waals surface area contributed by atoms with Gasteiger partial charge < -0.3 is 30.0 Å². The highest BCUT2D eigenvalue weighted by Crippen LogP contribution is 2.42. The van der Waals surface area contributed by atoms with Crippen LogP contribution >= 0.6 is 22.7 Å². The zero-order valence-corrected chi connectivity index (χ0v) is 29.6. The highest BCUT2D eigenvalue weighted by molar-refractivity contribution is 7.10. The van der Waals surface area contributed by atoms with Crippen molar-refractivity contribution in [3.63, 3.8) is 0 Å². The Balaban J connectivity index is 0.000000237. The van der Waals surface area contributed by atoms with Crippen LogP contribution in [0.2, 0.25) is 0 Å². The number of carboxylic acids is 1. The van der Waals surface area contributed by atoms with Crippen LogP contribution in [0.4, 0.5) is 0 Å². The summed E-state index contributed by atoms with van der Waals surface area (Å²) in [5.74, 6) is -3.59. The van der Waals surface area contributed by atoms with E-state index in [2.05, 4.69) is 10.6 Å². The number of dihydropyridines is 2. The lowest BCUT2D eigenvalue weighted by molar-refractivity contribution is -0.139. The Hall–Kier alpha value is -5.20. The fourth-order valence-electron chi connectivity index (χ4n) is 5.73. The molecule has 4 heterocycles. The van der Waals surface area contributed by atoms with E-state index in [1.54, 1.807) is 26.8 Å². The summed E-state index contributed by atoms with van der Waals surface area (Å²) in [6.45, 7) is 7.20. The summed E-state index contributed by atoms with van der Waals surface area (Å²) in [6, 6.07) is 17.2. The molecule has 2 unspecified atom stereocenters. The molecule has 256 valence electrons. The number of carboxylic acid groups (broad SMARTS) is 1. The topological polar surface area (TPSA) is 140 Å². The van der Waals surface area contributed by atoms with Crippen LogP contribution in [0.15, 0.2) is 117 Å². The predicted molar refractivity (Wildman–Crippen MR) is 189 cm³/mol. The van der Waals surface area contributed by atoms with Crippen molar-refractivity contribution in [3.8, 4) is 0 Å². The standard InChI is InChI=1S/C23H23NO4S.C14H15NO4S/c1-15-19(22(25)27-3)21(18-12-8-14-29-18)20(16(2)24-15)23(26)28-13-7-11-17-9-5-4-6-10-17;1-7-10(13(16)17)12(9-5-4-6-20-9)11(8(2)15-7)14(18)19-3/h4-12,14,21,24H,13H2,1-3H3;4-6,12,15H,1-3H3,(H,16,17). The molecule has 0 spiro atoms. The molecular formula is C37H38N2O8S2.